The summed E-state index contributed by atoms with van der Waals surface area (Å²) >= 11 is 3.46. The van der Waals surface area contributed by atoms with E-state index in [9.17, 15) is 0 Å². The van der Waals surface area contributed by atoms with Crippen molar-refractivity contribution < 1.29 is 4.74 Å². The molecule has 4 nitrogen and oxygen atoms in total. The van der Waals surface area contributed by atoms with Crippen LogP contribution >= 0.6 is 15.9 Å². The van der Waals surface area contributed by atoms with Crippen LogP contribution in [0.3, 0.4) is 0 Å². The summed E-state index contributed by atoms with van der Waals surface area (Å²) < 4.78 is 6.84. The third-order valence-corrected chi connectivity index (χ3v) is 3.48. The molecule has 22 heavy (non-hydrogen) atoms. The lowest BCUT2D eigenvalue weighted by Crippen LogP contribution is -2.22. The molecule has 0 saturated heterocycles. The Morgan fingerprint density at radius 3 is 2.50 bits per heavy atom. The van der Waals surface area contributed by atoms with Gasteiger partial charge in [0.2, 0.25) is 5.95 Å². The Labute approximate surface area is 138 Å². The topological polar surface area (TPSA) is 49.9 Å². The van der Waals surface area contributed by atoms with Gasteiger partial charge in [0.25, 0.3) is 0 Å². The number of fused-ring (bicyclic) bond motifs is 1. The zero-order valence-corrected chi connectivity index (χ0v) is 14.4. The summed E-state index contributed by atoms with van der Waals surface area (Å²) in [6.07, 6.45) is 0. The third-order valence-electron chi connectivity index (χ3n) is 2.99. The highest BCUT2D eigenvalue weighted by atomic mass is 79.9. The van der Waals surface area contributed by atoms with Crippen molar-refractivity contribution in [1.82, 2.24) is 9.97 Å². The molecule has 5 heteroatoms. The molecule has 0 aliphatic rings. The van der Waals surface area contributed by atoms with Gasteiger partial charge in [-0.1, -0.05) is 15.9 Å². The van der Waals surface area contributed by atoms with E-state index in [1.807, 2.05) is 63.2 Å². The second kappa shape index (κ2) is 5.65. The van der Waals surface area contributed by atoms with E-state index in [0.717, 1.165) is 32.9 Å². The second-order valence-electron chi connectivity index (χ2n) is 6.11. The van der Waals surface area contributed by atoms with Gasteiger partial charge in [-0.25, -0.2) is 4.98 Å². The number of ether oxygens (including phenoxy) is 1. The molecule has 3 aromatic rings. The van der Waals surface area contributed by atoms with E-state index in [1.165, 1.54) is 0 Å². The number of rotatable bonds is 3. The lowest BCUT2D eigenvalue weighted by molar-refractivity contribution is 0.131. The zero-order valence-electron chi connectivity index (χ0n) is 12.8. The first-order valence-electron chi connectivity index (χ1n) is 7.10. The standard InChI is InChI=1S/C17H18BrN3O/c1-17(2,3)22-13-7-5-12(6-8-13)19-16-20-14-9-4-11(18)10-15(14)21-16/h4-10H,1-3H3,(H2,19,20,21). The summed E-state index contributed by atoms with van der Waals surface area (Å²) in [6.45, 7) is 6.10. The number of H-pyrrole nitrogens is 1. The highest BCUT2D eigenvalue weighted by Crippen LogP contribution is 2.24. The molecule has 0 bridgehead atoms. The molecule has 114 valence electrons. The number of anilines is 2. The fourth-order valence-electron chi connectivity index (χ4n) is 2.14. The minimum atomic E-state index is -0.193. The van der Waals surface area contributed by atoms with E-state index in [0.29, 0.717) is 0 Å². The Balaban J connectivity index is 1.77. The maximum Gasteiger partial charge on any atom is 0.205 e. The molecule has 0 spiro atoms. The molecule has 0 aliphatic heterocycles. The van der Waals surface area contributed by atoms with Gasteiger partial charge in [-0.15, -0.1) is 0 Å². The molecule has 0 amide bonds. The Morgan fingerprint density at radius 2 is 1.82 bits per heavy atom. The number of nitrogens with one attached hydrogen (secondary N) is 2. The average molecular weight is 360 g/mol. The highest BCUT2D eigenvalue weighted by molar-refractivity contribution is 9.10. The molecule has 0 unspecified atom stereocenters. The summed E-state index contributed by atoms with van der Waals surface area (Å²) in [4.78, 5) is 7.77. The van der Waals surface area contributed by atoms with Crippen LogP contribution in [-0.4, -0.2) is 15.6 Å². The van der Waals surface area contributed by atoms with E-state index in [2.05, 4.69) is 31.2 Å². The number of hydrogen-bond acceptors (Lipinski definition) is 3. The van der Waals surface area contributed by atoms with Crippen LogP contribution in [0.2, 0.25) is 0 Å². The largest absolute Gasteiger partial charge is 0.488 e. The van der Waals surface area contributed by atoms with Gasteiger partial charge in [0.05, 0.1) is 11.0 Å². The maximum atomic E-state index is 5.81. The molecule has 0 saturated carbocycles. The van der Waals surface area contributed by atoms with Crippen LogP contribution in [0.4, 0.5) is 11.6 Å². The van der Waals surface area contributed by atoms with Crippen LogP contribution in [0.5, 0.6) is 5.75 Å². The van der Waals surface area contributed by atoms with Crippen molar-refractivity contribution >= 4 is 38.6 Å². The van der Waals surface area contributed by atoms with Gasteiger partial charge in [-0.05, 0) is 63.2 Å². The number of nitrogens with zero attached hydrogens (tertiary/aromatic N) is 1. The van der Waals surface area contributed by atoms with E-state index in [1.54, 1.807) is 0 Å². The van der Waals surface area contributed by atoms with Crippen molar-refractivity contribution in [3.63, 3.8) is 0 Å². The molecule has 0 aliphatic carbocycles. The van der Waals surface area contributed by atoms with Gasteiger partial charge in [-0.3, -0.25) is 0 Å². The number of hydrogen-bond donors (Lipinski definition) is 2. The van der Waals surface area contributed by atoms with Crippen LogP contribution in [-0.2, 0) is 0 Å². The van der Waals surface area contributed by atoms with Crippen LogP contribution in [0.15, 0.2) is 46.9 Å². The summed E-state index contributed by atoms with van der Waals surface area (Å²) in [5.41, 5.74) is 2.68. The fraction of sp³-hybridized carbons (Fsp3) is 0.235. The Morgan fingerprint density at radius 1 is 1.09 bits per heavy atom. The molecule has 1 heterocycles. The molecular weight excluding hydrogens is 342 g/mol. The number of halogens is 1. The molecule has 0 fully saturated rings. The third kappa shape index (κ3) is 3.60. The minimum Gasteiger partial charge on any atom is -0.488 e. The molecule has 2 aromatic carbocycles. The summed E-state index contributed by atoms with van der Waals surface area (Å²) in [6, 6.07) is 13.8. The van der Waals surface area contributed by atoms with Crippen molar-refractivity contribution in [1.29, 1.82) is 0 Å². The highest BCUT2D eigenvalue weighted by Gasteiger charge is 2.11. The lowest BCUT2D eigenvalue weighted by atomic mass is 10.2. The molecular formula is C17H18BrN3O. The maximum absolute atomic E-state index is 5.81. The normalized spacial score (nSPS) is 11.6. The summed E-state index contributed by atoms with van der Waals surface area (Å²) in [5.74, 6) is 1.57. The van der Waals surface area contributed by atoms with Crippen LogP contribution < -0.4 is 10.1 Å². The number of aromatic amines is 1. The number of benzene rings is 2. The van der Waals surface area contributed by atoms with Gasteiger partial charge in [0.1, 0.15) is 11.4 Å². The second-order valence-corrected chi connectivity index (χ2v) is 7.03. The van der Waals surface area contributed by atoms with Gasteiger partial charge in [0.15, 0.2) is 0 Å². The minimum absolute atomic E-state index is 0.193. The number of imidazole rings is 1. The molecule has 0 atom stereocenters. The monoisotopic (exact) mass is 359 g/mol. The zero-order chi connectivity index (χ0) is 15.7. The summed E-state index contributed by atoms with van der Waals surface area (Å²) in [7, 11) is 0. The van der Waals surface area contributed by atoms with Crippen molar-refractivity contribution in [2.24, 2.45) is 0 Å². The Bertz CT molecular complexity index is 788. The van der Waals surface area contributed by atoms with Crippen LogP contribution in [0.25, 0.3) is 11.0 Å². The van der Waals surface area contributed by atoms with Crippen molar-refractivity contribution in [2.45, 2.75) is 26.4 Å². The first-order valence-corrected chi connectivity index (χ1v) is 7.90. The molecule has 2 N–H and O–H groups in total. The molecule has 3 rings (SSSR count). The predicted octanol–water partition coefficient (Wildman–Crippen LogP) is 5.25. The van der Waals surface area contributed by atoms with E-state index < -0.39 is 0 Å². The lowest BCUT2D eigenvalue weighted by Gasteiger charge is -2.21. The SMILES string of the molecule is CC(C)(C)Oc1ccc(Nc2nc3ccc(Br)cc3[nH]2)cc1. The van der Waals surface area contributed by atoms with Crippen LogP contribution in [0.1, 0.15) is 20.8 Å². The van der Waals surface area contributed by atoms with E-state index in [4.69, 9.17) is 4.74 Å². The van der Waals surface area contributed by atoms with Crippen molar-refractivity contribution in [3.05, 3.63) is 46.9 Å². The predicted molar refractivity (Wildman–Crippen MR) is 93.9 cm³/mol. The van der Waals surface area contributed by atoms with Crippen molar-refractivity contribution in [3.8, 4) is 5.75 Å². The smallest absolute Gasteiger partial charge is 0.205 e. The quantitative estimate of drug-likeness (QED) is 0.671. The van der Waals surface area contributed by atoms with Gasteiger partial charge in [-0.2, -0.15) is 0 Å². The Kier molecular flexibility index (Phi) is 3.83. The molecule has 1 aromatic heterocycles. The van der Waals surface area contributed by atoms with E-state index in [-0.39, 0.29) is 5.60 Å². The fourth-order valence-corrected chi connectivity index (χ4v) is 2.50. The Hall–Kier alpha value is -2.01. The van der Waals surface area contributed by atoms with Crippen molar-refractivity contribution in [2.75, 3.05) is 5.32 Å². The van der Waals surface area contributed by atoms with Crippen LogP contribution in [0, 0.1) is 0 Å². The molecule has 0 radical (unpaired) electrons. The van der Waals surface area contributed by atoms with Gasteiger partial charge >= 0.3 is 0 Å². The average Bonchev–Trinajstić information content (AvgIpc) is 2.80. The number of aromatic nitrogens is 2. The van der Waals surface area contributed by atoms with E-state index >= 15 is 0 Å². The summed E-state index contributed by atoms with van der Waals surface area (Å²) in [5, 5.41) is 3.27. The van der Waals surface area contributed by atoms with Gasteiger partial charge < -0.3 is 15.0 Å². The van der Waals surface area contributed by atoms with Gasteiger partial charge in [0, 0.05) is 10.2 Å². The first-order chi connectivity index (χ1) is 10.4. The first kappa shape index (κ1) is 14.9.